The maximum Gasteiger partial charge on any atom is 0.242 e. The zero-order valence-corrected chi connectivity index (χ0v) is 12.3. The standard InChI is InChI=1S/C17H22N2O2/c1-13(19-17(21)15-10-6-3-7-11-15)16(20)18-12-14-8-4-2-5-9-14/h2-6,8-9,13,15H,7,10-12H2,1H3,(H,18,20)(H,19,21)/t13-,15+/m0/s1. The summed E-state index contributed by atoms with van der Waals surface area (Å²) in [5.41, 5.74) is 1.04. The molecule has 1 aliphatic rings. The van der Waals surface area contributed by atoms with Crippen LogP contribution in [0.2, 0.25) is 0 Å². The van der Waals surface area contributed by atoms with Gasteiger partial charge in [-0.3, -0.25) is 9.59 Å². The summed E-state index contributed by atoms with van der Waals surface area (Å²) in [6.07, 6.45) is 6.70. The fraction of sp³-hybridized carbons (Fsp3) is 0.412. The van der Waals surface area contributed by atoms with Gasteiger partial charge in [-0.05, 0) is 31.7 Å². The lowest BCUT2D eigenvalue weighted by atomic mass is 9.93. The molecule has 0 aliphatic heterocycles. The molecule has 2 amide bonds. The SMILES string of the molecule is C[C@H](NC(=O)[C@@H]1CC=CCC1)C(=O)NCc1ccccc1. The Morgan fingerprint density at radius 2 is 2.00 bits per heavy atom. The van der Waals surface area contributed by atoms with Gasteiger partial charge in [-0.2, -0.15) is 0 Å². The van der Waals surface area contributed by atoms with E-state index in [9.17, 15) is 9.59 Å². The van der Waals surface area contributed by atoms with Crippen molar-refractivity contribution < 1.29 is 9.59 Å². The normalized spacial score (nSPS) is 18.8. The summed E-state index contributed by atoms with van der Waals surface area (Å²) in [6, 6.07) is 9.21. The van der Waals surface area contributed by atoms with Crippen LogP contribution in [0, 0.1) is 5.92 Å². The number of carbonyl (C=O) groups excluding carboxylic acids is 2. The fourth-order valence-electron chi connectivity index (χ4n) is 2.37. The van der Waals surface area contributed by atoms with Gasteiger partial charge in [0.05, 0.1) is 0 Å². The van der Waals surface area contributed by atoms with E-state index in [4.69, 9.17) is 0 Å². The molecule has 2 rings (SSSR count). The van der Waals surface area contributed by atoms with Crippen LogP contribution in [0.25, 0.3) is 0 Å². The van der Waals surface area contributed by atoms with Crippen LogP contribution in [0.4, 0.5) is 0 Å². The van der Waals surface area contributed by atoms with Gasteiger partial charge in [0.15, 0.2) is 0 Å². The van der Waals surface area contributed by atoms with Crippen molar-refractivity contribution in [1.82, 2.24) is 10.6 Å². The van der Waals surface area contributed by atoms with Crippen molar-refractivity contribution in [2.45, 2.75) is 38.8 Å². The molecule has 0 saturated carbocycles. The highest BCUT2D eigenvalue weighted by atomic mass is 16.2. The molecular weight excluding hydrogens is 264 g/mol. The first-order chi connectivity index (χ1) is 10.2. The van der Waals surface area contributed by atoms with Gasteiger partial charge in [0.1, 0.15) is 6.04 Å². The Hall–Kier alpha value is -2.10. The zero-order valence-electron chi connectivity index (χ0n) is 12.3. The van der Waals surface area contributed by atoms with E-state index in [2.05, 4.69) is 16.7 Å². The van der Waals surface area contributed by atoms with Crippen molar-refractivity contribution >= 4 is 11.8 Å². The maximum absolute atomic E-state index is 12.1. The number of amides is 2. The third kappa shape index (κ3) is 4.74. The third-order valence-corrected chi connectivity index (χ3v) is 3.70. The van der Waals surface area contributed by atoms with E-state index in [1.807, 2.05) is 36.4 Å². The quantitative estimate of drug-likeness (QED) is 0.815. The van der Waals surface area contributed by atoms with Crippen LogP contribution in [-0.4, -0.2) is 17.9 Å². The molecule has 1 aromatic carbocycles. The topological polar surface area (TPSA) is 58.2 Å². The van der Waals surface area contributed by atoms with Gasteiger partial charge in [0.25, 0.3) is 0 Å². The molecule has 1 aliphatic carbocycles. The lowest BCUT2D eigenvalue weighted by Gasteiger charge is -2.20. The highest BCUT2D eigenvalue weighted by Gasteiger charge is 2.22. The van der Waals surface area contributed by atoms with Gasteiger partial charge < -0.3 is 10.6 Å². The molecule has 4 heteroatoms. The summed E-state index contributed by atoms with van der Waals surface area (Å²) < 4.78 is 0. The van der Waals surface area contributed by atoms with Crippen LogP contribution in [0.1, 0.15) is 31.7 Å². The smallest absolute Gasteiger partial charge is 0.242 e. The first-order valence-corrected chi connectivity index (χ1v) is 7.44. The zero-order chi connectivity index (χ0) is 15.1. The summed E-state index contributed by atoms with van der Waals surface area (Å²) >= 11 is 0. The van der Waals surface area contributed by atoms with E-state index in [0.717, 1.165) is 24.8 Å². The molecule has 112 valence electrons. The van der Waals surface area contributed by atoms with Crippen LogP contribution in [0.5, 0.6) is 0 Å². The molecule has 0 radical (unpaired) electrons. The minimum Gasteiger partial charge on any atom is -0.350 e. The molecule has 21 heavy (non-hydrogen) atoms. The Morgan fingerprint density at radius 1 is 1.24 bits per heavy atom. The van der Waals surface area contributed by atoms with Crippen molar-refractivity contribution in [3.05, 3.63) is 48.0 Å². The number of benzene rings is 1. The first-order valence-electron chi connectivity index (χ1n) is 7.44. The van der Waals surface area contributed by atoms with Gasteiger partial charge in [-0.15, -0.1) is 0 Å². The Balaban J connectivity index is 1.76. The number of rotatable bonds is 5. The Morgan fingerprint density at radius 3 is 2.67 bits per heavy atom. The van der Waals surface area contributed by atoms with Gasteiger partial charge in [0.2, 0.25) is 11.8 Å². The molecule has 1 aromatic rings. The van der Waals surface area contributed by atoms with E-state index < -0.39 is 6.04 Å². The molecule has 0 spiro atoms. The Labute approximate surface area is 125 Å². The van der Waals surface area contributed by atoms with E-state index >= 15 is 0 Å². The minimum atomic E-state index is -0.507. The number of carbonyl (C=O) groups is 2. The predicted octanol–water partition coefficient (Wildman–Crippen LogP) is 2.16. The largest absolute Gasteiger partial charge is 0.350 e. The van der Waals surface area contributed by atoms with Crippen molar-refractivity contribution in [2.75, 3.05) is 0 Å². The molecule has 0 aromatic heterocycles. The number of hydrogen-bond donors (Lipinski definition) is 2. The molecule has 0 heterocycles. The predicted molar refractivity (Wildman–Crippen MR) is 82.4 cm³/mol. The lowest BCUT2D eigenvalue weighted by molar-refractivity contribution is -0.131. The highest BCUT2D eigenvalue weighted by molar-refractivity contribution is 5.88. The number of allylic oxidation sites excluding steroid dienone is 2. The van der Waals surface area contributed by atoms with Gasteiger partial charge in [-0.25, -0.2) is 0 Å². The Kier molecular flexibility index (Phi) is 5.55. The van der Waals surface area contributed by atoms with Crippen LogP contribution in [0.15, 0.2) is 42.5 Å². The maximum atomic E-state index is 12.1. The number of hydrogen-bond acceptors (Lipinski definition) is 2. The van der Waals surface area contributed by atoms with E-state index in [1.165, 1.54) is 0 Å². The van der Waals surface area contributed by atoms with Crippen LogP contribution in [0.3, 0.4) is 0 Å². The average Bonchev–Trinajstić information content (AvgIpc) is 2.54. The first kappa shape index (κ1) is 15.3. The minimum absolute atomic E-state index is 0.000580. The molecule has 0 saturated heterocycles. The second-order valence-corrected chi connectivity index (χ2v) is 5.42. The number of nitrogens with one attached hydrogen (secondary N) is 2. The van der Waals surface area contributed by atoms with Gasteiger partial charge >= 0.3 is 0 Å². The molecule has 2 atom stereocenters. The molecule has 0 fully saturated rings. The van der Waals surface area contributed by atoms with E-state index in [-0.39, 0.29) is 17.7 Å². The van der Waals surface area contributed by atoms with Gasteiger partial charge in [0, 0.05) is 12.5 Å². The summed E-state index contributed by atoms with van der Waals surface area (Å²) in [7, 11) is 0. The monoisotopic (exact) mass is 286 g/mol. The van der Waals surface area contributed by atoms with Crippen molar-refractivity contribution in [3.63, 3.8) is 0 Å². The van der Waals surface area contributed by atoms with Crippen molar-refractivity contribution in [2.24, 2.45) is 5.92 Å². The molecule has 2 N–H and O–H groups in total. The summed E-state index contributed by atoms with van der Waals surface area (Å²) in [5, 5.41) is 5.64. The second-order valence-electron chi connectivity index (χ2n) is 5.42. The summed E-state index contributed by atoms with van der Waals surface area (Å²) in [6.45, 7) is 2.20. The molecular formula is C17H22N2O2. The highest BCUT2D eigenvalue weighted by Crippen LogP contribution is 2.18. The van der Waals surface area contributed by atoms with Crippen molar-refractivity contribution in [1.29, 1.82) is 0 Å². The van der Waals surface area contributed by atoms with Gasteiger partial charge in [-0.1, -0.05) is 42.5 Å². The molecule has 0 unspecified atom stereocenters. The van der Waals surface area contributed by atoms with Crippen LogP contribution in [-0.2, 0) is 16.1 Å². The lowest BCUT2D eigenvalue weighted by Crippen LogP contribution is -2.46. The summed E-state index contributed by atoms with van der Waals surface area (Å²) in [5.74, 6) is -0.181. The summed E-state index contributed by atoms with van der Waals surface area (Å²) in [4.78, 5) is 24.1. The fourth-order valence-corrected chi connectivity index (χ4v) is 2.37. The van der Waals surface area contributed by atoms with E-state index in [1.54, 1.807) is 6.92 Å². The molecule has 4 nitrogen and oxygen atoms in total. The second kappa shape index (κ2) is 7.62. The average molecular weight is 286 g/mol. The van der Waals surface area contributed by atoms with Crippen LogP contribution >= 0.6 is 0 Å². The third-order valence-electron chi connectivity index (χ3n) is 3.70. The van der Waals surface area contributed by atoms with Crippen molar-refractivity contribution in [3.8, 4) is 0 Å². The van der Waals surface area contributed by atoms with E-state index in [0.29, 0.717) is 6.54 Å². The molecule has 0 bridgehead atoms. The van der Waals surface area contributed by atoms with Crippen LogP contribution < -0.4 is 10.6 Å². The Bertz CT molecular complexity index is 511.